The minimum Gasteiger partial charge on any atom is -0.355 e. The van der Waals surface area contributed by atoms with E-state index in [-0.39, 0.29) is 16.8 Å². The van der Waals surface area contributed by atoms with Crippen LogP contribution in [0.15, 0.2) is 5.16 Å². The molecule has 18 heavy (non-hydrogen) atoms. The lowest BCUT2D eigenvalue weighted by Crippen LogP contribution is -2.26. The van der Waals surface area contributed by atoms with Crippen LogP contribution in [0, 0.1) is 0 Å². The van der Waals surface area contributed by atoms with E-state index >= 15 is 0 Å². The van der Waals surface area contributed by atoms with E-state index in [9.17, 15) is 18.0 Å². The second kappa shape index (κ2) is 5.94. The largest absolute Gasteiger partial charge is 0.453 e. The van der Waals surface area contributed by atoms with Crippen molar-refractivity contribution in [3.63, 3.8) is 0 Å². The lowest BCUT2D eigenvalue weighted by molar-refractivity contribution is -0.146. The van der Waals surface area contributed by atoms with Crippen molar-refractivity contribution in [1.82, 2.24) is 20.2 Å². The molecule has 0 radical (unpaired) electrons. The number of alkyl halides is 3. The van der Waals surface area contributed by atoms with Crippen LogP contribution in [0.5, 0.6) is 0 Å². The summed E-state index contributed by atoms with van der Waals surface area (Å²) in [6.45, 7) is 2.40. The maximum Gasteiger partial charge on any atom is 0.453 e. The molecule has 0 saturated carbocycles. The number of aromatic nitrogens is 3. The molecule has 0 spiro atoms. The molecule has 10 heteroatoms. The zero-order valence-corrected chi connectivity index (χ0v) is 10.3. The molecule has 0 aliphatic heterocycles. The van der Waals surface area contributed by atoms with E-state index in [4.69, 9.17) is 5.84 Å². The summed E-state index contributed by atoms with van der Waals surface area (Å²) in [4.78, 5) is 11.2. The third-order valence-electron chi connectivity index (χ3n) is 1.82. The van der Waals surface area contributed by atoms with Crippen LogP contribution in [0.4, 0.5) is 13.2 Å². The highest BCUT2D eigenvalue weighted by molar-refractivity contribution is 7.99. The lowest BCUT2D eigenvalue weighted by Gasteiger charge is -2.06. The number of carbonyl (C=O) groups excluding carboxylic acids is 1. The summed E-state index contributed by atoms with van der Waals surface area (Å²) >= 11 is 0.795. The van der Waals surface area contributed by atoms with Crippen LogP contribution < -0.4 is 11.2 Å². The van der Waals surface area contributed by atoms with Crippen molar-refractivity contribution in [2.24, 2.45) is 0 Å². The summed E-state index contributed by atoms with van der Waals surface area (Å²) in [5.74, 6) is 3.55. The molecule has 1 heterocycles. The van der Waals surface area contributed by atoms with E-state index in [0.717, 1.165) is 18.2 Å². The Labute approximate surface area is 105 Å². The molecular weight excluding hydrogens is 271 g/mol. The Kier molecular flexibility index (Phi) is 4.82. The minimum atomic E-state index is -4.66. The number of hydrogen-bond donors (Lipinski definition) is 2. The van der Waals surface area contributed by atoms with Crippen molar-refractivity contribution in [2.45, 2.75) is 24.7 Å². The van der Waals surface area contributed by atoms with Gasteiger partial charge in [-0.05, 0) is 6.42 Å². The second-order valence-electron chi connectivity index (χ2n) is 3.31. The summed E-state index contributed by atoms with van der Waals surface area (Å²) in [6.07, 6.45) is -3.88. The van der Waals surface area contributed by atoms with Gasteiger partial charge in [-0.25, -0.2) is 4.68 Å². The van der Waals surface area contributed by atoms with Gasteiger partial charge in [-0.2, -0.15) is 13.2 Å². The SMILES string of the molecule is CCCNC(=O)CSc1nnc(C(F)(F)F)n1N. The lowest BCUT2D eigenvalue weighted by atomic mass is 10.5. The van der Waals surface area contributed by atoms with Gasteiger partial charge >= 0.3 is 6.18 Å². The van der Waals surface area contributed by atoms with Crippen LogP contribution in [0.1, 0.15) is 19.2 Å². The zero-order valence-electron chi connectivity index (χ0n) is 9.49. The molecule has 0 bridgehead atoms. The van der Waals surface area contributed by atoms with E-state index in [2.05, 4.69) is 15.5 Å². The fourth-order valence-electron chi connectivity index (χ4n) is 1.01. The number of nitrogens with two attached hydrogens (primary N) is 1. The molecule has 1 rings (SSSR count). The summed E-state index contributed by atoms with van der Waals surface area (Å²) in [7, 11) is 0. The number of nitrogens with zero attached hydrogens (tertiary/aromatic N) is 3. The topological polar surface area (TPSA) is 85.8 Å². The predicted molar refractivity (Wildman–Crippen MR) is 59.2 cm³/mol. The molecule has 0 unspecified atom stereocenters. The van der Waals surface area contributed by atoms with Gasteiger partial charge in [0.2, 0.25) is 11.1 Å². The fraction of sp³-hybridized carbons (Fsp3) is 0.625. The fourth-order valence-corrected chi connectivity index (χ4v) is 1.70. The summed E-state index contributed by atoms with van der Waals surface area (Å²) in [5, 5.41) is 8.64. The Morgan fingerprint density at radius 1 is 1.50 bits per heavy atom. The number of thioether (sulfide) groups is 1. The smallest absolute Gasteiger partial charge is 0.355 e. The third-order valence-corrected chi connectivity index (χ3v) is 2.77. The van der Waals surface area contributed by atoms with Gasteiger partial charge in [-0.3, -0.25) is 4.79 Å². The molecule has 0 atom stereocenters. The van der Waals surface area contributed by atoms with Crippen LogP contribution >= 0.6 is 11.8 Å². The Balaban J connectivity index is 2.59. The van der Waals surface area contributed by atoms with Gasteiger partial charge in [-0.1, -0.05) is 18.7 Å². The Morgan fingerprint density at radius 3 is 2.67 bits per heavy atom. The van der Waals surface area contributed by atoms with Crippen molar-refractivity contribution in [3.05, 3.63) is 5.82 Å². The summed E-state index contributed by atoms with van der Waals surface area (Å²) < 4.78 is 37.3. The minimum absolute atomic E-state index is 0.0623. The van der Waals surface area contributed by atoms with Gasteiger partial charge in [0, 0.05) is 6.54 Å². The van der Waals surface area contributed by atoms with Gasteiger partial charge < -0.3 is 11.2 Å². The first-order chi connectivity index (χ1) is 8.36. The molecule has 0 aromatic carbocycles. The van der Waals surface area contributed by atoms with Crippen molar-refractivity contribution >= 4 is 17.7 Å². The van der Waals surface area contributed by atoms with Crippen molar-refractivity contribution < 1.29 is 18.0 Å². The number of nitrogen functional groups attached to an aromatic ring is 1. The molecule has 0 saturated heterocycles. The maximum atomic E-state index is 12.3. The highest BCUT2D eigenvalue weighted by atomic mass is 32.2. The summed E-state index contributed by atoms with van der Waals surface area (Å²) in [6, 6.07) is 0. The standard InChI is InChI=1S/C8H12F3N5OS/c1-2-3-13-5(17)4-18-7-15-14-6(16(7)12)8(9,10)11/h2-4,12H2,1H3,(H,13,17). The average molecular weight is 283 g/mol. The van der Waals surface area contributed by atoms with Gasteiger partial charge in [0.15, 0.2) is 0 Å². The van der Waals surface area contributed by atoms with E-state index in [1.165, 1.54) is 0 Å². The van der Waals surface area contributed by atoms with Crippen molar-refractivity contribution in [2.75, 3.05) is 18.1 Å². The first-order valence-corrected chi connectivity index (χ1v) is 6.02. The Morgan fingerprint density at radius 2 is 2.17 bits per heavy atom. The van der Waals surface area contributed by atoms with Crippen LogP contribution in [0.2, 0.25) is 0 Å². The first kappa shape index (κ1) is 14.6. The van der Waals surface area contributed by atoms with E-state index in [1.54, 1.807) is 0 Å². The van der Waals surface area contributed by atoms with Crippen LogP contribution in [0.3, 0.4) is 0 Å². The molecule has 102 valence electrons. The molecule has 3 N–H and O–H groups in total. The number of nitrogens with one attached hydrogen (secondary N) is 1. The Hall–Kier alpha value is -1.45. The summed E-state index contributed by atoms with van der Waals surface area (Å²) in [5.41, 5.74) is 0. The third kappa shape index (κ3) is 3.79. The van der Waals surface area contributed by atoms with E-state index in [1.807, 2.05) is 6.92 Å². The normalized spacial score (nSPS) is 11.6. The predicted octanol–water partition coefficient (Wildman–Crippen LogP) is 0.629. The molecule has 6 nitrogen and oxygen atoms in total. The quantitative estimate of drug-likeness (QED) is 0.611. The molecule has 1 aromatic rings. The van der Waals surface area contributed by atoms with E-state index < -0.39 is 12.0 Å². The van der Waals surface area contributed by atoms with Gasteiger partial charge in [0.25, 0.3) is 5.82 Å². The van der Waals surface area contributed by atoms with Gasteiger partial charge in [0.05, 0.1) is 5.75 Å². The monoisotopic (exact) mass is 283 g/mol. The van der Waals surface area contributed by atoms with Crippen molar-refractivity contribution in [1.29, 1.82) is 0 Å². The van der Waals surface area contributed by atoms with E-state index in [0.29, 0.717) is 11.2 Å². The van der Waals surface area contributed by atoms with Crippen LogP contribution in [-0.2, 0) is 11.0 Å². The number of amides is 1. The van der Waals surface area contributed by atoms with Crippen LogP contribution in [-0.4, -0.2) is 33.1 Å². The number of carbonyl (C=O) groups is 1. The Bertz CT molecular complexity index is 419. The van der Waals surface area contributed by atoms with Gasteiger partial charge in [0.1, 0.15) is 0 Å². The molecule has 1 amide bonds. The molecule has 0 fully saturated rings. The maximum absolute atomic E-state index is 12.3. The zero-order chi connectivity index (χ0) is 13.8. The molecular formula is C8H12F3N5OS. The number of rotatable bonds is 5. The van der Waals surface area contributed by atoms with Gasteiger partial charge in [-0.15, -0.1) is 10.2 Å². The average Bonchev–Trinajstić information content (AvgIpc) is 2.64. The molecule has 1 aromatic heterocycles. The highest BCUT2D eigenvalue weighted by Crippen LogP contribution is 2.28. The van der Waals surface area contributed by atoms with Crippen LogP contribution in [0.25, 0.3) is 0 Å². The second-order valence-corrected chi connectivity index (χ2v) is 4.26. The highest BCUT2D eigenvalue weighted by Gasteiger charge is 2.38. The van der Waals surface area contributed by atoms with Crippen molar-refractivity contribution in [3.8, 4) is 0 Å². The number of halogens is 3. The first-order valence-electron chi connectivity index (χ1n) is 5.03. The molecule has 0 aliphatic rings. The molecule has 0 aliphatic carbocycles. The number of hydrogen-bond acceptors (Lipinski definition) is 5.